The number of fused-ring (bicyclic) bond motifs is 4. The number of aromatic nitrogens is 4. The van der Waals surface area contributed by atoms with Crippen molar-refractivity contribution in [1.29, 1.82) is 0 Å². The summed E-state index contributed by atoms with van der Waals surface area (Å²) in [4.78, 5) is 52.1. The lowest BCUT2D eigenvalue weighted by atomic mass is 9.83. The van der Waals surface area contributed by atoms with Crippen molar-refractivity contribution in [1.82, 2.24) is 24.4 Å². The molecule has 3 aromatic rings. The van der Waals surface area contributed by atoms with E-state index >= 15 is 0 Å². The molecular weight excluding hydrogens is 396 g/mol. The van der Waals surface area contributed by atoms with Gasteiger partial charge in [-0.2, -0.15) is 0 Å². The maximum absolute atomic E-state index is 13.1. The Labute approximate surface area is 177 Å². The number of amides is 2. The number of nitrogens with one attached hydrogen (secondary N) is 1. The van der Waals surface area contributed by atoms with Crippen molar-refractivity contribution < 1.29 is 9.59 Å². The molecule has 2 bridgehead atoms. The van der Waals surface area contributed by atoms with Crippen LogP contribution >= 0.6 is 0 Å². The quantitative estimate of drug-likeness (QED) is 0.694. The van der Waals surface area contributed by atoms with Crippen LogP contribution in [0.2, 0.25) is 0 Å². The van der Waals surface area contributed by atoms with Crippen molar-refractivity contribution in [2.24, 2.45) is 5.92 Å². The van der Waals surface area contributed by atoms with Crippen LogP contribution in [0.3, 0.4) is 0 Å². The van der Waals surface area contributed by atoms with Crippen LogP contribution in [-0.4, -0.2) is 49.3 Å². The first-order chi connectivity index (χ1) is 15.1. The third-order valence-corrected chi connectivity index (χ3v) is 5.84. The Balaban J connectivity index is 1.39. The molecule has 2 atom stereocenters. The standard InChI is InChI=1S/C22H20N6O3/c29-20(18-10-24-6-7-25-18)26-17-3-4-19-16-8-14(12-28(19)22(17)31)11-27(13-16)21(30)15-2-1-5-23-9-15/h1-7,9-10,14,16H,8,11-13H2,(H,26,29)/t14-,16-/m1/s1. The second kappa shape index (κ2) is 7.75. The van der Waals surface area contributed by atoms with E-state index in [0.29, 0.717) is 25.2 Å². The van der Waals surface area contributed by atoms with Gasteiger partial charge in [0.15, 0.2) is 0 Å². The third kappa shape index (κ3) is 3.58. The van der Waals surface area contributed by atoms with E-state index in [1.807, 2.05) is 11.0 Å². The van der Waals surface area contributed by atoms with Gasteiger partial charge in [-0.15, -0.1) is 0 Å². The average Bonchev–Trinajstić information content (AvgIpc) is 2.81. The second-order valence-electron chi connectivity index (χ2n) is 7.88. The smallest absolute Gasteiger partial charge is 0.276 e. The van der Waals surface area contributed by atoms with Crippen LogP contribution in [0.15, 0.2) is 60.0 Å². The van der Waals surface area contributed by atoms with Crippen molar-refractivity contribution in [3.05, 3.63) is 82.6 Å². The van der Waals surface area contributed by atoms with Crippen LogP contribution in [0.4, 0.5) is 5.69 Å². The van der Waals surface area contributed by atoms with Gasteiger partial charge in [-0.1, -0.05) is 0 Å². The lowest BCUT2D eigenvalue weighted by Gasteiger charge is -2.42. The maximum atomic E-state index is 13.1. The van der Waals surface area contributed by atoms with E-state index in [0.717, 1.165) is 12.1 Å². The number of pyridine rings is 2. The molecule has 3 aromatic heterocycles. The molecule has 9 nitrogen and oxygen atoms in total. The van der Waals surface area contributed by atoms with Crippen LogP contribution < -0.4 is 10.9 Å². The molecule has 31 heavy (non-hydrogen) atoms. The van der Waals surface area contributed by atoms with Crippen molar-refractivity contribution in [2.75, 3.05) is 18.4 Å². The zero-order chi connectivity index (χ0) is 21.4. The average molecular weight is 416 g/mol. The molecule has 1 saturated heterocycles. The molecule has 2 amide bonds. The first kappa shape index (κ1) is 19.1. The number of hydrogen-bond acceptors (Lipinski definition) is 6. The highest BCUT2D eigenvalue weighted by Gasteiger charge is 2.37. The summed E-state index contributed by atoms with van der Waals surface area (Å²) in [6.07, 6.45) is 8.41. The minimum Gasteiger partial charge on any atom is -0.338 e. The van der Waals surface area contributed by atoms with Gasteiger partial charge in [-0.3, -0.25) is 24.4 Å². The molecule has 0 saturated carbocycles. The fourth-order valence-electron chi connectivity index (χ4n) is 4.48. The molecule has 0 unspecified atom stereocenters. The number of piperidine rings is 1. The van der Waals surface area contributed by atoms with Crippen molar-refractivity contribution >= 4 is 17.5 Å². The van der Waals surface area contributed by atoms with Crippen LogP contribution in [0, 0.1) is 5.92 Å². The molecule has 5 rings (SSSR count). The van der Waals surface area contributed by atoms with Crippen LogP contribution in [-0.2, 0) is 6.54 Å². The summed E-state index contributed by atoms with van der Waals surface area (Å²) in [5.74, 6) is -0.262. The Kier molecular flexibility index (Phi) is 4.78. The highest BCUT2D eigenvalue weighted by molar-refractivity contribution is 6.02. The predicted molar refractivity (Wildman–Crippen MR) is 112 cm³/mol. The Morgan fingerprint density at radius 1 is 1.00 bits per heavy atom. The van der Waals surface area contributed by atoms with E-state index in [1.165, 1.54) is 18.6 Å². The minimum absolute atomic E-state index is 0.0357. The van der Waals surface area contributed by atoms with Crippen molar-refractivity contribution in [3.8, 4) is 0 Å². The highest BCUT2D eigenvalue weighted by Crippen LogP contribution is 2.36. The van der Waals surface area contributed by atoms with E-state index < -0.39 is 5.91 Å². The molecule has 0 aromatic carbocycles. The molecule has 2 aliphatic rings. The highest BCUT2D eigenvalue weighted by atomic mass is 16.2. The molecule has 2 aliphatic heterocycles. The first-order valence-electron chi connectivity index (χ1n) is 10.1. The third-order valence-electron chi connectivity index (χ3n) is 5.84. The van der Waals surface area contributed by atoms with Gasteiger partial charge in [0, 0.05) is 56.0 Å². The second-order valence-corrected chi connectivity index (χ2v) is 7.88. The molecule has 9 heteroatoms. The largest absolute Gasteiger partial charge is 0.338 e. The Bertz CT molecular complexity index is 1190. The monoisotopic (exact) mass is 416 g/mol. The molecule has 1 N–H and O–H groups in total. The summed E-state index contributed by atoms with van der Waals surface area (Å²) in [6.45, 7) is 1.65. The van der Waals surface area contributed by atoms with E-state index in [1.54, 1.807) is 35.2 Å². The zero-order valence-corrected chi connectivity index (χ0v) is 16.6. The van der Waals surface area contributed by atoms with E-state index in [2.05, 4.69) is 20.3 Å². The summed E-state index contributed by atoms with van der Waals surface area (Å²) in [5, 5.41) is 2.64. The molecule has 0 aliphatic carbocycles. The topological polar surface area (TPSA) is 110 Å². The Morgan fingerprint density at radius 3 is 2.65 bits per heavy atom. The first-order valence-corrected chi connectivity index (χ1v) is 10.1. The number of nitrogens with zero attached hydrogens (tertiary/aromatic N) is 5. The predicted octanol–water partition coefficient (Wildman–Crippen LogP) is 1.55. The van der Waals surface area contributed by atoms with Crippen molar-refractivity contribution in [2.45, 2.75) is 18.9 Å². The lowest BCUT2D eigenvalue weighted by Crippen LogP contribution is -2.49. The maximum Gasteiger partial charge on any atom is 0.276 e. The van der Waals surface area contributed by atoms with Gasteiger partial charge in [0.25, 0.3) is 17.4 Å². The fourth-order valence-corrected chi connectivity index (χ4v) is 4.48. The van der Waals surface area contributed by atoms with Crippen LogP contribution in [0.5, 0.6) is 0 Å². The van der Waals surface area contributed by atoms with Gasteiger partial charge in [-0.05, 0) is 36.6 Å². The molecule has 5 heterocycles. The van der Waals surface area contributed by atoms with Crippen LogP contribution in [0.1, 0.15) is 38.9 Å². The summed E-state index contributed by atoms with van der Waals surface area (Å²) < 4.78 is 1.73. The number of rotatable bonds is 3. The zero-order valence-electron chi connectivity index (χ0n) is 16.6. The summed E-state index contributed by atoms with van der Waals surface area (Å²) >= 11 is 0. The fraction of sp³-hybridized carbons (Fsp3) is 0.273. The van der Waals surface area contributed by atoms with Gasteiger partial charge in [0.2, 0.25) is 0 Å². The number of anilines is 1. The number of carbonyl (C=O) groups excluding carboxylic acids is 2. The van der Waals surface area contributed by atoms with E-state index in [-0.39, 0.29) is 34.7 Å². The molecule has 1 fully saturated rings. The van der Waals surface area contributed by atoms with Gasteiger partial charge in [0.05, 0.1) is 11.8 Å². The number of hydrogen-bond donors (Lipinski definition) is 1. The summed E-state index contributed by atoms with van der Waals surface area (Å²) in [7, 11) is 0. The van der Waals surface area contributed by atoms with Crippen molar-refractivity contribution in [3.63, 3.8) is 0 Å². The van der Waals surface area contributed by atoms with E-state index in [9.17, 15) is 14.4 Å². The SMILES string of the molecule is O=C(Nc1ccc2n(c1=O)C[C@@H]1C[C@@H]2CN(C(=O)c2cccnc2)C1)c1cnccn1. The molecule has 156 valence electrons. The van der Waals surface area contributed by atoms with Gasteiger partial charge < -0.3 is 14.8 Å². The molecule has 0 spiro atoms. The minimum atomic E-state index is -0.477. The normalized spacial score (nSPS) is 19.4. The number of carbonyl (C=O) groups is 2. The van der Waals surface area contributed by atoms with Gasteiger partial charge >= 0.3 is 0 Å². The summed E-state index contributed by atoms with van der Waals surface area (Å²) in [6, 6.07) is 7.02. The lowest BCUT2D eigenvalue weighted by molar-refractivity contribution is 0.0594. The Hall–Kier alpha value is -3.88. The van der Waals surface area contributed by atoms with Crippen LogP contribution in [0.25, 0.3) is 0 Å². The van der Waals surface area contributed by atoms with Gasteiger partial charge in [-0.25, -0.2) is 4.98 Å². The molecular formula is C22H20N6O3. The Morgan fingerprint density at radius 2 is 1.87 bits per heavy atom. The summed E-state index contributed by atoms with van der Waals surface area (Å²) in [5.41, 5.74) is 1.58. The molecule has 0 radical (unpaired) electrons. The van der Waals surface area contributed by atoms with E-state index in [4.69, 9.17) is 0 Å². The van der Waals surface area contributed by atoms with Gasteiger partial charge in [0.1, 0.15) is 11.4 Å². The number of likely N-dealkylation sites (tertiary alicyclic amines) is 1.